The van der Waals surface area contributed by atoms with Gasteiger partial charge in [0.2, 0.25) is 5.79 Å². The van der Waals surface area contributed by atoms with E-state index in [1.807, 2.05) is 27.7 Å². The summed E-state index contributed by atoms with van der Waals surface area (Å²) in [7, 11) is 0. The van der Waals surface area contributed by atoms with Gasteiger partial charge in [-0.3, -0.25) is 0 Å². The Bertz CT molecular complexity index is 319. The Kier molecular flexibility index (Phi) is 7.52. The molecule has 138 valence electrons. The summed E-state index contributed by atoms with van der Waals surface area (Å²) in [5, 5.41) is 0. The highest BCUT2D eigenvalue weighted by Crippen LogP contribution is 2.40. The Hall–Kier alpha value is -0.160. The van der Waals surface area contributed by atoms with Crippen molar-refractivity contribution in [1.29, 1.82) is 0 Å². The summed E-state index contributed by atoms with van der Waals surface area (Å²) < 4.78 is 0. The van der Waals surface area contributed by atoms with Crippen molar-refractivity contribution >= 4 is 0 Å². The molecule has 0 spiro atoms. The second-order valence-electron chi connectivity index (χ2n) is 8.55. The van der Waals surface area contributed by atoms with Crippen molar-refractivity contribution in [2.75, 3.05) is 0 Å². The maximum Gasteiger partial charge on any atom is 0.234 e. The second-order valence-corrected chi connectivity index (χ2v) is 8.55. The first-order valence-corrected chi connectivity index (χ1v) is 9.28. The molecule has 0 aromatic rings. The van der Waals surface area contributed by atoms with E-state index in [-0.39, 0.29) is 11.2 Å². The van der Waals surface area contributed by atoms with Gasteiger partial charge in [-0.25, -0.2) is 9.78 Å². The minimum atomic E-state index is -0.787. The smallest absolute Gasteiger partial charge is 0.228 e. The molecule has 0 atom stereocenters. The van der Waals surface area contributed by atoms with E-state index >= 15 is 0 Å². The number of hydrogen-bond donors (Lipinski definition) is 0. The summed E-state index contributed by atoms with van der Waals surface area (Å²) in [6.07, 6.45) is 5.50. The van der Waals surface area contributed by atoms with Crippen LogP contribution in [0.4, 0.5) is 0 Å². The van der Waals surface area contributed by atoms with Gasteiger partial charge in [-0.05, 0) is 65.2 Å². The topological polar surface area (TPSA) is 36.9 Å². The SMILES string of the molecule is CCC(C)(C)OOC1(OOC(C)(C)CC)CCC(C(C)C)CC1. The Balaban J connectivity index is 2.72. The molecule has 0 N–H and O–H groups in total. The van der Waals surface area contributed by atoms with Gasteiger partial charge in [0, 0.05) is 12.8 Å². The first-order chi connectivity index (χ1) is 10.5. The van der Waals surface area contributed by atoms with Crippen molar-refractivity contribution in [2.45, 2.75) is 111 Å². The molecule has 0 saturated heterocycles. The first-order valence-electron chi connectivity index (χ1n) is 9.28. The molecular weight excluding hydrogens is 292 g/mol. The zero-order valence-electron chi connectivity index (χ0n) is 16.5. The maximum atomic E-state index is 5.85. The van der Waals surface area contributed by atoms with Gasteiger partial charge in [0.25, 0.3) is 0 Å². The molecule has 0 unspecified atom stereocenters. The Morgan fingerprint density at radius 3 is 1.57 bits per heavy atom. The molecular formula is C19H38O4. The Morgan fingerprint density at radius 1 is 0.870 bits per heavy atom. The standard InChI is InChI=1S/C19H38O4/c1-9-17(5,6)20-22-19(23-21-18(7,8)10-2)13-11-16(12-14-19)15(3)4/h15-16H,9-14H2,1-8H3. The van der Waals surface area contributed by atoms with Crippen LogP contribution in [0, 0.1) is 11.8 Å². The predicted molar refractivity (Wildman–Crippen MR) is 92.6 cm³/mol. The van der Waals surface area contributed by atoms with Crippen molar-refractivity contribution in [3.63, 3.8) is 0 Å². The molecule has 1 aliphatic carbocycles. The van der Waals surface area contributed by atoms with Crippen molar-refractivity contribution < 1.29 is 19.6 Å². The average molecular weight is 331 g/mol. The van der Waals surface area contributed by atoms with Gasteiger partial charge in [-0.1, -0.05) is 27.7 Å². The molecule has 0 aliphatic heterocycles. The number of rotatable bonds is 9. The van der Waals surface area contributed by atoms with Crippen molar-refractivity contribution in [2.24, 2.45) is 11.8 Å². The van der Waals surface area contributed by atoms with Crippen LogP contribution in [0.25, 0.3) is 0 Å². The van der Waals surface area contributed by atoms with E-state index in [9.17, 15) is 0 Å². The van der Waals surface area contributed by atoms with E-state index in [1.165, 1.54) is 0 Å². The van der Waals surface area contributed by atoms with Gasteiger partial charge in [0.05, 0.1) is 11.2 Å². The fraction of sp³-hybridized carbons (Fsp3) is 1.00. The van der Waals surface area contributed by atoms with Crippen LogP contribution < -0.4 is 0 Å². The lowest BCUT2D eigenvalue weighted by atomic mass is 9.79. The summed E-state index contributed by atoms with van der Waals surface area (Å²) in [6.45, 7) is 16.8. The fourth-order valence-electron chi connectivity index (χ4n) is 2.42. The normalized spacial score (nSPS) is 20.2. The highest BCUT2D eigenvalue weighted by molar-refractivity contribution is 4.80. The lowest BCUT2D eigenvalue weighted by Crippen LogP contribution is -2.45. The van der Waals surface area contributed by atoms with E-state index in [2.05, 4.69) is 27.7 Å². The minimum Gasteiger partial charge on any atom is -0.228 e. The van der Waals surface area contributed by atoms with Crippen LogP contribution in [0.15, 0.2) is 0 Å². The van der Waals surface area contributed by atoms with Crippen LogP contribution in [0.1, 0.15) is 93.9 Å². The molecule has 0 heterocycles. The highest BCUT2D eigenvalue weighted by Gasteiger charge is 2.43. The zero-order valence-corrected chi connectivity index (χ0v) is 16.5. The largest absolute Gasteiger partial charge is 0.234 e. The van der Waals surface area contributed by atoms with Crippen LogP contribution in [0.3, 0.4) is 0 Å². The molecule has 0 aromatic heterocycles. The van der Waals surface area contributed by atoms with E-state index < -0.39 is 5.79 Å². The van der Waals surface area contributed by atoms with Crippen LogP contribution in [-0.4, -0.2) is 17.0 Å². The summed E-state index contributed by atoms with van der Waals surface area (Å²) in [5.41, 5.74) is -0.656. The second kappa shape index (κ2) is 8.28. The molecule has 0 radical (unpaired) electrons. The molecule has 23 heavy (non-hydrogen) atoms. The lowest BCUT2D eigenvalue weighted by Gasteiger charge is -2.41. The van der Waals surface area contributed by atoms with Crippen molar-refractivity contribution in [3.05, 3.63) is 0 Å². The summed E-state index contributed by atoms with van der Waals surface area (Å²) in [5.74, 6) is 0.618. The Labute approximate surface area is 143 Å². The molecule has 1 rings (SSSR count). The predicted octanol–water partition coefficient (Wildman–Crippen LogP) is 5.80. The van der Waals surface area contributed by atoms with Gasteiger partial charge in [-0.2, -0.15) is 9.78 Å². The summed E-state index contributed by atoms with van der Waals surface area (Å²) in [4.78, 5) is 23.1. The molecule has 1 fully saturated rings. The average Bonchev–Trinajstić information content (AvgIpc) is 2.52. The van der Waals surface area contributed by atoms with Crippen molar-refractivity contribution in [3.8, 4) is 0 Å². The van der Waals surface area contributed by atoms with Gasteiger partial charge in [0.15, 0.2) is 0 Å². The monoisotopic (exact) mass is 330 g/mol. The van der Waals surface area contributed by atoms with Gasteiger partial charge >= 0.3 is 0 Å². The maximum absolute atomic E-state index is 5.85. The van der Waals surface area contributed by atoms with Gasteiger partial charge in [-0.15, -0.1) is 0 Å². The fourth-order valence-corrected chi connectivity index (χ4v) is 2.42. The minimum absolute atomic E-state index is 0.328. The molecule has 0 bridgehead atoms. The van der Waals surface area contributed by atoms with E-state index in [1.54, 1.807) is 0 Å². The summed E-state index contributed by atoms with van der Waals surface area (Å²) >= 11 is 0. The quantitative estimate of drug-likeness (QED) is 0.304. The third-order valence-corrected chi connectivity index (χ3v) is 5.28. The molecule has 4 nitrogen and oxygen atoms in total. The third-order valence-electron chi connectivity index (χ3n) is 5.28. The molecule has 1 saturated carbocycles. The Morgan fingerprint density at radius 2 is 1.26 bits per heavy atom. The molecule has 1 aliphatic rings. The zero-order chi connectivity index (χ0) is 17.7. The lowest BCUT2D eigenvalue weighted by molar-refractivity contribution is -0.548. The van der Waals surface area contributed by atoms with Crippen molar-refractivity contribution in [1.82, 2.24) is 0 Å². The van der Waals surface area contributed by atoms with E-state index in [0.717, 1.165) is 38.5 Å². The van der Waals surface area contributed by atoms with Crippen LogP contribution in [0.2, 0.25) is 0 Å². The van der Waals surface area contributed by atoms with Crippen LogP contribution >= 0.6 is 0 Å². The first kappa shape index (κ1) is 20.9. The van der Waals surface area contributed by atoms with E-state index in [4.69, 9.17) is 19.6 Å². The van der Waals surface area contributed by atoms with Gasteiger partial charge in [0.1, 0.15) is 0 Å². The van der Waals surface area contributed by atoms with E-state index in [0.29, 0.717) is 11.8 Å². The van der Waals surface area contributed by atoms with Gasteiger partial charge < -0.3 is 0 Å². The van der Waals surface area contributed by atoms with Crippen LogP contribution in [0.5, 0.6) is 0 Å². The highest BCUT2D eigenvalue weighted by atomic mass is 17.3. The third kappa shape index (κ3) is 6.69. The molecule has 0 aromatic carbocycles. The molecule has 4 heteroatoms. The number of hydrogen-bond acceptors (Lipinski definition) is 4. The summed E-state index contributed by atoms with van der Waals surface area (Å²) in [6, 6.07) is 0. The molecule has 0 amide bonds. The van der Waals surface area contributed by atoms with Crippen LogP contribution in [-0.2, 0) is 19.6 Å².